The van der Waals surface area contributed by atoms with E-state index in [1.807, 2.05) is 12.1 Å². The molecule has 3 heterocycles. The van der Waals surface area contributed by atoms with Gasteiger partial charge in [-0.2, -0.15) is 0 Å². The number of guanidine groups is 1. The maximum atomic E-state index is 5.67. The van der Waals surface area contributed by atoms with Crippen LogP contribution in [0.4, 0.5) is 0 Å². The molecule has 1 unspecified atom stereocenters. The summed E-state index contributed by atoms with van der Waals surface area (Å²) in [6.07, 6.45) is 5.64. The first-order valence-corrected chi connectivity index (χ1v) is 10.5. The van der Waals surface area contributed by atoms with E-state index in [4.69, 9.17) is 9.41 Å². The Balaban J connectivity index is 1.40. The minimum absolute atomic E-state index is 0.530. The summed E-state index contributed by atoms with van der Waals surface area (Å²) in [4.78, 5) is 14.5. The molecule has 1 N–H and O–H groups in total. The van der Waals surface area contributed by atoms with Crippen molar-refractivity contribution >= 4 is 5.96 Å². The number of nitrogens with one attached hydrogen (secondary N) is 1. The molecule has 6 heteroatoms. The second-order valence-corrected chi connectivity index (χ2v) is 7.81. The van der Waals surface area contributed by atoms with Crippen LogP contribution in [-0.2, 0) is 6.54 Å². The minimum Gasteiger partial charge on any atom is -0.444 e. The van der Waals surface area contributed by atoms with Gasteiger partial charge in [0.1, 0.15) is 12.0 Å². The van der Waals surface area contributed by atoms with Crippen molar-refractivity contribution in [2.45, 2.75) is 45.7 Å². The molecule has 6 nitrogen and oxygen atoms in total. The lowest BCUT2D eigenvalue weighted by Gasteiger charge is -2.25. The molecule has 0 amide bonds. The van der Waals surface area contributed by atoms with Gasteiger partial charge in [0.25, 0.3) is 0 Å². The molecule has 28 heavy (non-hydrogen) atoms. The maximum Gasteiger partial charge on any atom is 0.226 e. The normalized spacial score (nSPS) is 20.9. The lowest BCUT2D eigenvalue weighted by Crippen LogP contribution is -2.42. The van der Waals surface area contributed by atoms with Crippen LogP contribution in [0.15, 0.2) is 39.9 Å². The van der Waals surface area contributed by atoms with E-state index in [-0.39, 0.29) is 0 Å². The van der Waals surface area contributed by atoms with Crippen LogP contribution in [0.2, 0.25) is 0 Å². The van der Waals surface area contributed by atoms with Crippen molar-refractivity contribution < 1.29 is 4.42 Å². The minimum atomic E-state index is 0.530. The zero-order valence-electron chi connectivity index (χ0n) is 17.0. The van der Waals surface area contributed by atoms with Gasteiger partial charge in [0, 0.05) is 31.2 Å². The standard InChI is InChI=1S/C22H31N5O/c1-3-23-22(27-13-10-20(15-27)26-11-4-5-12-26)24-14-19-16-28-21(25-19)18-8-6-17(2)7-9-18/h6-9,16,20H,3-5,10-15H2,1-2H3,(H,23,24). The van der Waals surface area contributed by atoms with Crippen molar-refractivity contribution in [3.63, 3.8) is 0 Å². The van der Waals surface area contributed by atoms with E-state index in [1.54, 1.807) is 6.26 Å². The third-order valence-electron chi connectivity index (χ3n) is 5.70. The zero-order chi connectivity index (χ0) is 19.3. The van der Waals surface area contributed by atoms with Crippen molar-refractivity contribution in [2.24, 2.45) is 4.99 Å². The molecule has 1 aromatic heterocycles. The van der Waals surface area contributed by atoms with Gasteiger partial charge in [-0.05, 0) is 58.3 Å². The second kappa shape index (κ2) is 8.78. The van der Waals surface area contributed by atoms with E-state index in [0.717, 1.165) is 36.9 Å². The second-order valence-electron chi connectivity index (χ2n) is 7.81. The highest BCUT2D eigenvalue weighted by molar-refractivity contribution is 5.80. The quantitative estimate of drug-likeness (QED) is 0.636. The molecule has 1 aromatic carbocycles. The largest absolute Gasteiger partial charge is 0.444 e. The smallest absolute Gasteiger partial charge is 0.226 e. The van der Waals surface area contributed by atoms with Gasteiger partial charge in [-0.25, -0.2) is 9.98 Å². The molecule has 2 aliphatic rings. The summed E-state index contributed by atoms with van der Waals surface area (Å²) in [5.41, 5.74) is 3.09. The molecule has 2 saturated heterocycles. The monoisotopic (exact) mass is 381 g/mol. The van der Waals surface area contributed by atoms with E-state index in [1.165, 1.54) is 37.9 Å². The molecule has 1 atom stereocenters. The first-order chi connectivity index (χ1) is 13.7. The summed E-state index contributed by atoms with van der Waals surface area (Å²) in [5, 5.41) is 3.45. The van der Waals surface area contributed by atoms with Gasteiger partial charge >= 0.3 is 0 Å². The molecular weight excluding hydrogens is 350 g/mol. The maximum absolute atomic E-state index is 5.67. The number of hydrogen-bond donors (Lipinski definition) is 1. The highest BCUT2D eigenvalue weighted by atomic mass is 16.3. The number of aliphatic imine (C=N–C) groups is 1. The van der Waals surface area contributed by atoms with Gasteiger partial charge in [-0.15, -0.1) is 0 Å². The number of likely N-dealkylation sites (tertiary alicyclic amines) is 2. The summed E-state index contributed by atoms with van der Waals surface area (Å²) in [6.45, 7) is 10.3. The third kappa shape index (κ3) is 4.38. The summed E-state index contributed by atoms with van der Waals surface area (Å²) in [6, 6.07) is 8.91. The van der Waals surface area contributed by atoms with Gasteiger partial charge in [0.2, 0.25) is 5.89 Å². The SMILES string of the molecule is CCNC(=NCc1coc(-c2ccc(C)cc2)n1)N1CCC(N2CCCC2)C1. The number of aryl methyl sites for hydroxylation is 1. The molecular formula is C22H31N5O. The van der Waals surface area contributed by atoms with Crippen LogP contribution in [0.3, 0.4) is 0 Å². The van der Waals surface area contributed by atoms with Crippen molar-refractivity contribution in [1.29, 1.82) is 0 Å². The lowest BCUT2D eigenvalue weighted by molar-refractivity contribution is 0.249. The number of hydrogen-bond acceptors (Lipinski definition) is 4. The fourth-order valence-corrected chi connectivity index (χ4v) is 4.13. The van der Waals surface area contributed by atoms with Crippen LogP contribution in [0.5, 0.6) is 0 Å². The van der Waals surface area contributed by atoms with Crippen molar-refractivity contribution in [1.82, 2.24) is 20.1 Å². The van der Waals surface area contributed by atoms with E-state index in [2.05, 4.69) is 46.1 Å². The van der Waals surface area contributed by atoms with Gasteiger partial charge in [-0.1, -0.05) is 17.7 Å². The molecule has 0 bridgehead atoms. The molecule has 2 fully saturated rings. The molecule has 0 saturated carbocycles. The van der Waals surface area contributed by atoms with Crippen LogP contribution >= 0.6 is 0 Å². The Morgan fingerprint density at radius 3 is 2.75 bits per heavy atom. The van der Waals surface area contributed by atoms with E-state index in [0.29, 0.717) is 18.5 Å². The summed E-state index contributed by atoms with van der Waals surface area (Å²) >= 11 is 0. The number of aromatic nitrogens is 1. The van der Waals surface area contributed by atoms with E-state index >= 15 is 0 Å². The molecule has 0 spiro atoms. The summed E-state index contributed by atoms with van der Waals surface area (Å²) in [7, 11) is 0. The Hall–Kier alpha value is -2.34. The summed E-state index contributed by atoms with van der Waals surface area (Å²) < 4.78 is 5.67. The molecule has 0 aliphatic carbocycles. The highest BCUT2D eigenvalue weighted by Crippen LogP contribution is 2.21. The zero-order valence-corrected chi connectivity index (χ0v) is 17.0. The Labute approximate surface area is 167 Å². The van der Waals surface area contributed by atoms with Crippen LogP contribution in [0.1, 0.15) is 37.4 Å². The molecule has 0 radical (unpaired) electrons. The topological polar surface area (TPSA) is 56.9 Å². The Kier molecular flexibility index (Phi) is 5.95. The fraction of sp³-hybridized carbons (Fsp3) is 0.545. The molecule has 4 rings (SSSR count). The van der Waals surface area contributed by atoms with E-state index in [9.17, 15) is 0 Å². The van der Waals surface area contributed by atoms with Crippen molar-refractivity contribution in [2.75, 3.05) is 32.7 Å². The predicted molar refractivity (Wildman–Crippen MR) is 112 cm³/mol. The Morgan fingerprint density at radius 1 is 1.21 bits per heavy atom. The number of rotatable bonds is 5. The molecule has 150 valence electrons. The van der Waals surface area contributed by atoms with Crippen molar-refractivity contribution in [3.8, 4) is 11.5 Å². The van der Waals surface area contributed by atoms with Crippen LogP contribution in [0, 0.1) is 6.92 Å². The van der Waals surface area contributed by atoms with Crippen LogP contribution in [0.25, 0.3) is 11.5 Å². The first kappa shape index (κ1) is 19.0. The highest BCUT2D eigenvalue weighted by Gasteiger charge is 2.30. The van der Waals surface area contributed by atoms with Crippen LogP contribution in [-0.4, -0.2) is 59.5 Å². The average Bonchev–Trinajstić information content (AvgIpc) is 3.47. The van der Waals surface area contributed by atoms with E-state index < -0.39 is 0 Å². The van der Waals surface area contributed by atoms with Gasteiger partial charge in [-0.3, -0.25) is 4.90 Å². The van der Waals surface area contributed by atoms with Gasteiger partial charge < -0.3 is 14.6 Å². The third-order valence-corrected chi connectivity index (χ3v) is 5.70. The number of oxazole rings is 1. The van der Waals surface area contributed by atoms with Crippen LogP contribution < -0.4 is 5.32 Å². The summed E-state index contributed by atoms with van der Waals surface area (Å²) in [5.74, 6) is 1.65. The fourth-order valence-electron chi connectivity index (χ4n) is 4.13. The van der Waals surface area contributed by atoms with Gasteiger partial charge in [0.05, 0.1) is 6.54 Å². The number of nitrogens with zero attached hydrogens (tertiary/aromatic N) is 4. The first-order valence-electron chi connectivity index (χ1n) is 10.5. The number of benzene rings is 1. The average molecular weight is 382 g/mol. The predicted octanol–water partition coefficient (Wildman–Crippen LogP) is 3.29. The molecule has 2 aliphatic heterocycles. The van der Waals surface area contributed by atoms with Gasteiger partial charge in [0.15, 0.2) is 5.96 Å². The lowest BCUT2D eigenvalue weighted by atomic mass is 10.1. The Morgan fingerprint density at radius 2 is 2.00 bits per heavy atom. The van der Waals surface area contributed by atoms with Crippen molar-refractivity contribution in [3.05, 3.63) is 41.8 Å². The Bertz CT molecular complexity index is 792. The molecule has 2 aromatic rings.